The van der Waals surface area contributed by atoms with Crippen LogP contribution in [0.3, 0.4) is 0 Å². The molecule has 2 atom stereocenters. The van der Waals surface area contributed by atoms with Crippen LogP contribution in [0.4, 0.5) is 0 Å². The van der Waals surface area contributed by atoms with E-state index in [0.717, 1.165) is 6.42 Å². The van der Waals surface area contributed by atoms with Gasteiger partial charge in [-0.1, -0.05) is 40.7 Å². The van der Waals surface area contributed by atoms with Crippen molar-refractivity contribution in [3.8, 4) is 0 Å². The molecule has 0 bridgehead atoms. The summed E-state index contributed by atoms with van der Waals surface area (Å²) in [6, 6.07) is 0. The Balaban J connectivity index is 4.57. The number of hydrogen-bond acceptors (Lipinski definition) is 2. The summed E-state index contributed by atoms with van der Waals surface area (Å²) in [5.41, 5.74) is 0. The standard InChI is InChI=1S/C15H32O2Si/c1-9-14(16)13(10-12(2)3)11-17-18(7,8)15(4,5)6/h9,12-14,16H,1,10-11H2,2-8H3/t13-,14-/m0/s1. The minimum absolute atomic E-state index is 0.164. The van der Waals surface area contributed by atoms with Crippen molar-refractivity contribution in [1.82, 2.24) is 0 Å². The zero-order valence-electron chi connectivity index (χ0n) is 13.3. The lowest BCUT2D eigenvalue weighted by Crippen LogP contribution is -2.43. The lowest BCUT2D eigenvalue weighted by molar-refractivity contribution is 0.0906. The molecule has 0 unspecified atom stereocenters. The minimum Gasteiger partial charge on any atom is -0.416 e. The van der Waals surface area contributed by atoms with E-state index < -0.39 is 14.4 Å². The molecule has 0 radical (unpaired) electrons. The van der Waals surface area contributed by atoms with Gasteiger partial charge in [0, 0.05) is 12.5 Å². The summed E-state index contributed by atoms with van der Waals surface area (Å²) < 4.78 is 6.21. The fourth-order valence-corrected chi connectivity index (χ4v) is 2.70. The SMILES string of the molecule is C=C[C@H](O)[C@H](CO[Si](C)(C)C(C)(C)C)CC(C)C. The van der Waals surface area contributed by atoms with Crippen LogP contribution in [0, 0.1) is 11.8 Å². The smallest absolute Gasteiger partial charge is 0.191 e. The van der Waals surface area contributed by atoms with Crippen LogP contribution in [0.2, 0.25) is 18.1 Å². The van der Waals surface area contributed by atoms with Crippen LogP contribution in [0.1, 0.15) is 41.0 Å². The van der Waals surface area contributed by atoms with Gasteiger partial charge in [0.15, 0.2) is 8.32 Å². The summed E-state index contributed by atoms with van der Waals surface area (Å²) in [4.78, 5) is 0. The maximum Gasteiger partial charge on any atom is 0.191 e. The van der Waals surface area contributed by atoms with Gasteiger partial charge >= 0.3 is 0 Å². The first-order valence-corrected chi connectivity index (χ1v) is 9.86. The maximum atomic E-state index is 9.98. The number of aliphatic hydroxyl groups is 1. The Morgan fingerprint density at radius 1 is 1.28 bits per heavy atom. The van der Waals surface area contributed by atoms with Crippen molar-refractivity contribution in [1.29, 1.82) is 0 Å². The summed E-state index contributed by atoms with van der Waals surface area (Å²) >= 11 is 0. The molecule has 0 amide bonds. The van der Waals surface area contributed by atoms with E-state index in [1.54, 1.807) is 6.08 Å². The predicted molar refractivity (Wildman–Crippen MR) is 82.3 cm³/mol. The molecule has 18 heavy (non-hydrogen) atoms. The Kier molecular flexibility index (Phi) is 6.83. The second-order valence-corrected chi connectivity index (χ2v) is 12.0. The second-order valence-electron chi connectivity index (χ2n) is 7.19. The van der Waals surface area contributed by atoms with Crippen LogP contribution in [0.25, 0.3) is 0 Å². The largest absolute Gasteiger partial charge is 0.416 e. The summed E-state index contributed by atoms with van der Waals surface area (Å²) in [7, 11) is -1.72. The molecule has 108 valence electrons. The number of hydrogen-bond donors (Lipinski definition) is 1. The first-order valence-electron chi connectivity index (χ1n) is 6.96. The molecule has 0 spiro atoms. The molecule has 1 N–H and O–H groups in total. The Hall–Kier alpha value is -0.123. The van der Waals surface area contributed by atoms with Gasteiger partial charge in [0.1, 0.15) is 0 Å². The third-order valence-corrected chi connectivity index (χ3v) is 8.46. The third kappa shape index (κ3) is 5.68. The van der Waals surface area contributed by atoms with Gasteiger partial charge in [0.2, 0.25) is 0 Å². The quantitative estimate of drug-likeness (QED) is 0.555. The molecule has 0 rings (SSSR count). The maximum absolute atomic E-state index is 9.98. The van der Waals surface area contributed by atoms with Crippen molar-refractivity contribution in [2.24, 2.45) is 11.8 Å². The van der Waals surface area contributed by atoms with Crippen LogP contribution >= 0.6 is 0 Å². The highest BCUT2D eigenvalue weighted by molar-refractivity contribution is 6.74. The van der Waals surface area contributed by atoms with E-state index in [9.17, 15) is 5.11 Å². The van der Waals surface area contributed by atoms with E-state index in [2.05, 4.69) is 54.3 Å². The molecule has 3 heteroatoms. The van der Waals surface area contributed by atoms with E-state index in [4.69, 9.17) is 4.43 Å². The van der Waals surface area contributed by atoms with Gasteiger partial charge in [0.05, 0.1) is 6.10 Å². The fraction of sp³-hybridized carbons (Fsp3) is 0.867. The Morgan fingerprint density at radius 2 is 1.78 bits per heavy atom. The molecule has 0 aromatic carbocycles. The molecule has 0 saturated carbocycles. The molecule has 0 aromatic heterocycles. The van der Waals surface area contributed by atoms with Gasteiger partial charge in [-0.15, -0.1) is 6.58 Å². The Morgan fingerprint density at radius 3 is 2.11 bits per heavy atom. The molecular weight excluding hydrogens is 240 g/mol. The predicted octanol–water partition coefficient (Wildman–Crippen LogP) is 4.22. The highest BCUT2D eigenvalue weighted by Gasteiger charge is 2.38. The summed E-state index contributed by atoms with van der Waals surface area (Å²) in [5, 5.41) is 10.2. The van der Waals surface area contributed by atoms with E-state index in [0.29, 0.717) is 12.5 Å². The lowest BCUT2D eigenvalue weighted by atomic mass is 9.93. The van der Waals surface area contributed by atoms with E-state index in [-0.39, 0.29) is 11.0 Å². The molecule has 0 aliphatic rings. The van der Waals surface area contributed by atoms with Crippen molar-refractivity contribution in [2.45, 2.75) is 65.3 Å². The van der Waals surface area contributed by atoms with Gasteiger partial charge < -0.3 is 9.53 Å². The van der Waals surface area contributed by atoms with Crippen LogP contribution in [0.5, 0.6) is 0 Å². The molecule has 0 heterocycles. The van der Waals surface area contributed by atoms with Gasteiger partial charge in [-0.3, -0.25) is 0 Å². The Bertz CT molecular complexity index is 254. The van der Waals surface area contributed by atoms with E-state index in [1.807, 2.05) is 0 Å². The van der Waals surface area contributed by atoms with Gasteiger partial charge in [-0.2, -0.15) is 0 Å². The Labute approximate surface area is 115 Å². The summed E-state index contributed by atoms with van der Waals surface area (Å²) in [6.45, 7) is 19.9. The highest BCUT2D eigenvalue weighted by atomic mass is 28.4. The molecular formula is C15H32O2Si. The lowest BCUT2D eigenvalue weighted by Gasteiger charge is -2.38. The van der Waals surface area contributed by atoms with Gasteiger partial charge in [0.25, 0.3) is 0 Å². The summed E-state index contributed by atoms with van der Waals surface area (Å²) in [6.07, 6.45) is 2.14. The van der Waals surface area contributed by atoms with Crippen molar-refractivity contribution in [3.63, 3.8) is 0 Å². The zero-order chi connectivity index (χ0) is 14.6. The van der Waals surface area contributed by atoms with Crippen LogP contribution in [-0.4, -0.2) is 26.1 Å². The highest BCUT2D eigenvalue weighted by Crippen LogP contribution is 2.37. The van der Waals surface area contributed by atoms with E-state index in [1.165, 1.54) is 0 Å². The van der Waals surface area contributed by atoms with Crippen molar-refractivity contribution in [3.05, 3.63) is 12.7 Å². The topological polar surface area (TPSA) is 29.5 Å². The second kappa shape index (κ2) is 6.87. The third-order valence-electron chi connectivity index (χ3n) is 3.96. The first-order chi connectivity index (χ1) is 8.01. The van der Waals surface area contributed by atoms with Gasteiger partial charge in [-0.25, -0.2) is 0 Å². The van der Waals surface area contributed by atoms with Crippen LogP contribution < -0.4 is 0 Å². The average Bonchev–Trinajstić information content (AvgIpc) is 2.21. The molecule has 0 aromatic rings. The first kappa shape index (κ1) is 17.9. The zero-order valence-corrected chi connectivity index (χ0v) is 14.3. The minimum atomic E-state index is -1.72. The van der Waals surface area contributed by atoms with Crippen molar-refractivity contribution in [2.75, 3.05) is 6.61 Å². The monoisotopic (exact) mass is 272 g/mol. The number of aliphatic hydroxyl groups excluding tert-OH is 1. The average molecular weight is 273 g/mol. The van der Waals surface area contributed by atoms with Crippen LogP contribution in [0.15, 0.2) is 12.7 Å². The van der Waals surface area contributed by atoms with Crippen LogP contribution in [-0.2, 0) is 4.43 Å². The number of rotatable bonds is 7. The van der Waals surface area contributed by atoms with E-state index >= 15 is 0 Å². The van der Waals surface area contributed by atoms with Gasteiger partial charge in [-0.05, 0) is 30.5 Å². The molecule has 0 fully saturated rings. The van der Waals surface area contributed by atoms with Crippen molar-refractivity contribution < 1.29 is 9.53 Å². The molecule has 0 saturated heterocycles. The molecule has 0 aliphatic carbocycles. The fourth-order valence-electron chi connectivity index (χ4n) is 1.64. The summed E-state index contributed by atoms with van der Waals surface area (Å²) in [5.74, 6) is 0.726. The normalized spacial score (nSPS) is 16.7. The molecule has 2 nitrogen and oxygen atoms in total. The van der Waals surface area contributed by atoms with Crippen molar-refractivity contribution >= 4 is 8.32 Å². The molecule has 0 aliphatic heterocycles.